The number of carbonyl (C=O) groups is 1. The summed E-state index contributed by atoms with van der Waals surface area (Å²) in [6.45, 7) is 3.92. The van der Waals surface area contributed by atoms with E-state index in [1.54, 1.807) is 12.1 Å². The second-order valence-corrected chi connectivity index (χ2v) is 10.1. The van der Waals surface area contributed by atoms with Gasteiger partial charge in [0.15, 0.2) is 0 Å². The minimum atomic E-state index is -0.163. The molecule has 1 saturated heterocycles. The summed E-state index contributed by atoms with van der Waals surface area (Å²) in [7, 11) is 0. The van der Waals surface area contributed by atoms with Crippen molar-refractivity contribution in [1.82, 2.24) is 9.80 Å². The van der Waals surface area contributed by atoms with E-state index >= 15 is 0 Å². The lowest BCUT2D eigenvalue weighted by Crippen LogP contribution is -2.50. The van der Waals surface area contributed by atoms with Crippen molar-refractivity contribution in [2.75, 3.05) is 31.2 Å². The molecular formula is C27H25Cl3N4O. The molecule has 3 aromatic rings. The molecule has 2 heterocycles. The Balaban J connectivity index is 1.33. The second kappa shape index (κ2) is 10.6. The van der Waals surface area contributed by atoms with Gasteiger partial charge in [0.1, 0.15) is 5.71 Å². The molecule has 0 spiro atoms. The lowest BCUT2D eigenvalue weighted by Gasteiger charge is -2.34. The summed E-state index contributed by atoms with van der Waals surface area (Å²) < 4.78 is 0. The molecule has 1 amide bonds. The molecule has 2 aliphatic heterocycles. The van der Waals surface area contributed by atoms with Gasteiger partial charge >= 0.3 is 0 Å². The molecule has 1 unspecified atom stereocenters. The highest BCUT2D eigenvalue weighted by Crippen LogP contribution is 2.40. The van der Waals surface area contributed by atoms with Crippen molar-refractivity contribution >= 4 is 52.1 Å². The van der Waals surface area contributed by atoms with Crippen LogP contribution in [-0.4, -0.2) is 47.6 Å². The molecule has 2 aliphatic rings. The molecule has 1 atom stereocenters. The molecule has 3 aromatic carbocycles. The molecule has 0 aliphatic carbocycles. The van der Waals surface area contributed by atoms with E-state index in [-0.39, 0.29) is 11.9 Å². The summed E-state index contributed by atoms with van der Waals surface area (Å²) in [5, 5.41) is 8.31. The normalized spacial score (nSPS) is 18.6. The van der Waals surface area contributed by atoms with E-state index in [9.17, 15) is 4.79 Å². The molecule has 8 heteroatoms. The SMILES string of the molecule is O=C(C1=NN(c2ccc(Cl)cc2Cl)C(c2ccc(Cl)cc2)C1)N1CCN(Cc2ccccc2)CC1. The number of hydrogen-bond acceptors (Lipinski definition) is 4. The Hall–Kier alpha value is -2.57. The van der Waals surface area contributed by atoms with Crippen LogP contribution in [0.5, 0.6) is 0 Å². The summed E-state index contributed by atoms with van der Waals surface area (Å²) in [6, 6.07) is 23.2. The van der Waals surface area contributed by atoms with Gasteiger partial charge in [-0.3, -0.25) is 14.7 Å². The number of anilines is 1. The number of halogens is 3. The van der Waals surface area contributed by atoms with Gasteiger partial charge in [-0.2, -0.15) is 5.10 Å². The van der Waals surface area contributed by atoms with Crippen LogP contribution in [-0.2, 0) is 11.3 Å². The first-order valence-corrected chi connectivity index (χ1v) is 12.7. The Morgan fingerprint density at radius 2 is 1.54 bits per heavy atom. The quantitative estimate of drug-likeness (QED) is 0.391. The Kier molecular flexibility index (Phi) is 7.30. The van der Waals surface area contributed by atoms with Gasteiger partial charge in [-0.05, 0) is 41.5 Å². The number of amides is 1. The fraction of sp³-hybridized carbons (Fsp3) is 0.259. The van der Waals surface area contributed by atoms with Crippen LogP contribution in [0, 0.1) is 0 Å². The Morgan fingerprint density at radius 1 is 0.857 bits per heavy atom. The average Bonchev–Trinajstić information content (AvgIpc) is 3.30. The molecule has 0 saturated carbocycles. The maximum atomic E-state index is 13.5. The molecule has 0 bridgehead atoms. The Bertz CT molecular complexity index is 1220. The predicted molar refractivity (Wildman–Crippen MR) is 143 cm³/mol. The van der Waals surface area contributed by atoms with E-state index in [0.717, 1.165) is 25.2 Å². The Morgan fingerprint density at radius 3 is 2.23 bits per heavy atom. The summed E-state index contributed by atoms with van der Waals surface area (Å²) in [6.07, 6.45) is 0.490. The van der Waals surface area contributed by atoms with Gasteiger partial charge in [0, 0.05) is 49.2 Å². The second-order valence-electron chi connectivity index (χ2n) is 8.81. The minimum absolute atomic E-state index is 0.0177. The van der Waals surface area contributed by atoms with Gasteiger partial charge in [-0.25, -0.2) is 0 Å². The van der Waals surface area contributed by atoms with Gasteiger partial charge in [0.2, 0.25) is 0 Å². The van der Waals surface area contributed by atoms with Gasteiger partial charge in [0.25, 0.3) is 5.91 Å². The number of hydrazone groups is 1. The van der Waals surface area contributed by atoms with E-state index in [2.05, 4.69) is 29.2 Å². The molecule has 1 fully saturated rings. The molecule has 5 nitrogen and oxygen atoms in total. The van der Waals surface area contributed by atoms with Crippen LogP contribution < -0.4 is 5.01 Å². The molecule has 180 valence electrons. The fourth-order valence-corrected chi connectivity index (χ4v) is 5.23. The number of carbonyl (C=O) groups excluding carboxylic acids is 1. The number of hydrogen-bond donors (Lipinski definition) is 0. The number of rotatable bonds is 5. The standard InChI is InChI=1S/C27H25Cl3N4O/c28-21-8-6-20(7-9-21)26-17-24(31-34(26)25-11-10-22(29)16-23(25)30)27(35)33-14-12-32(13-15-33)18-19-4-2-1-3-5-19/h1-11,16,26H,12-15,17-18H2. The minimum Gasteiger partial charge on any atom is -0.335 e. The van der Waals surface area contributed by atoms with Crippen molar-refractivity contribution in [1.29, 1.82) is 0 Å². The summed E-state index contributed by atoms with van der Waals surface area (Å²) in [5.41, 5.74) is 3.55. The topological polar surface area (TPSA) is 39.2 Å². The molecule has 35 heavy (non-hydrogen) atoms. The first-order valence-electron chi connectivity index (χ1n) is 11.6. The van der Waals surface area contributed by atoms with Crippen molar-refractivity contribution in [2.24, 2.45) is 5.10 Å². The lowest BCUT2D eigenvalue weighted by atomic mass is 10.0. The van der Waals surface area contributed by atoms with Crippen LogP contribution in [0.15, 0.2) is 77.9 Å². The van der Waals surface area contributed by atoms with Crippen molar-refractivity contribution in [3.63, 3.8) is 0 Å². The van der Waals surface area contributed by atoms with E-state index < -0.39 is 0 Å². The largest absolute Gasteiger partial charge is 0.335 e. The third-order valence-corrected chi connectivity index (χ3v) is 7.27. The first kappa shape index (κ1) is 24.1. The molecule has 5 rings (SSSR count). The fourth-order valence-electron chi connectivity index (χ4n) is 4.61. The average molecular weight is 528 g/mol. The maximum Gasteiger partial charge on any atom is 0.270 e. The molecule has 0 aromatic heterocycles. The van der Waals surface area contributed by atoms with Crippen LogP contribution in [0.3, 0.4) is 0 Å². The van der Waals surface area contributed by atoms with Crippen LogP contribution in [0.1, 0.15) is 23.6 Å². The van der Waals surface area contributed by atoms with Crippen LogP contribution in [0.2, 0.25) is 15.1 Å². The summed E-state index contributed by atoms with van der Waals surface area (Å²) >= 11 is 18.8. The highest BCUT2D eigenvalue weighted by atomic mass is 35.5. The van der Waals surface area contributed by atoms with Crippen molar-refractivity contribution in [3.05, 3.63) is 99.0 Å². The molecule has 0 radical (unpaired) electrons. The van der Waals surface area contributed by atoms with E-state index in [1.807, 2.05) is 46.3 Å². The molecule has 0 N–H and O–H groups in total. The van der Waals surface area contributed by atoms with Gasteiger partial charge in [-0.1, -0.05) is 77.3 Å². The summed E-state index contributed by atoms with van der Waals surface area (Å²) in [5.74, 6) is -0.0177. The zero-order valence-corrected chi connectivity index (χ0v) is 21.3. The number of nitrogens with zero attached hydrogens (tertiary/aromatic N) is 4. The third kappa shape index (κ3) is 5.49. The van der Waals surface area contributed by atoms with E-state index in [1.165, 1.54) is 5.56 Å². The van der Waals surface area contributed by atoms with Gasteiger partial charge in [0.05, 0.1) is 16.8 Å². The molecular weight excluding hydrogens is 503 g/mol. The van der Waals surface area contributed by atoms with Gasteiger partial charge < -0.3 is 4.90 Å². The van der Waals surface area contributed by atoms with Crippen molar-refractivity contribution in [2.45, 2.75) is 19.0 Å². The maximum absolute atomic E-state index is 13.5. The zero-order chi connectivity index (χ0) is 24.4. The monoisotopic (exact) mass is 526 g/mol. The highest BCUT2D eigenvalue weighted by Gasteiger charge is 2.36. The Labute approximate surface area is 220 Å². The van der Waals surface area contributed by atoms with Crippen LogP contribution >= 0.6 is 34.8 Å². The third-order valence-electron chi connectivity index (χ3n) is 6.48. The van der Waals surface area contributed by atoms with Crippen LogP contribution in [0.4, 0.5) is 5.69 Å². The lowest BCUT2D eigenvalue weighted by molar-refractivity contribution is -0.125. The smallest absolute Gasteiger partial charge is 0.270 e. The zero-order valence-electron chi connectivity index (χ0n) is 19.1. The van der Waals surface area contributed by atoms with Crippen molar-refractivity contribution < 1.29 is 4.79 Å². The summed E-state index contributed by atoms with van der Waals surface area (Å²) in [4.78, 5) is 17.8. The first-order chi connectivity index (χ1) is 17.0. The number of benzene rings is 3. The van der Waals surface area contributed by atoms with Gasteiger partial charge in [-0.15, -0.1) is 0 Å². The predicted octanol–water partition coefficient (Wildman–Crippen LogP) is 6.30. The highest BCUT2D eigenvalue weighted by molar-refractivity contribution is 6.40. The van der Waals surface area contributed by atoms with E-state index in [4.69, 9.17) is 39.9 Å². The van der Waals surface area contributed by atoms with Crippen LogP contribution in [0.25, 0.3) is 0 Å². The van der Waals surface area contributed by atoms with Crippen molar-refractivity contribution in [3.8, 4) is 0 Å². The number of piperazine rings is 1. The van der Waals surface area contributed by atoms with E-state index in [0.29, 0.717) is 46.0 Å².